The fourth-order valence-electron chi connectivity index (χ4n) is 1.38. The van der Waals surface area contributed by atoms with Crippen LogP contribution in [0.2, 0.25) is 0 Å². The van der Waals surface area contributed by atoms with E-state index >= 15 is 0 Å². The summed E-state index contributed by atoms with van der Waals surface area (Å²) in [4.78, 5) is 11.9. The second-order valence-electron chi connectivity index (χ2n) is 3.61. The van der Waals surface area contributed by atoms with Crippen molar-refractivity contribution < 1.29 is 18.3 Å². The lowest BCUT2D eigenvalue weighted by Gasteiger charge is -2.00. The summed E-state index contributed by atoms with van der Waals surface area (Å²) in [5.41, 5.74) is 0.173. The second kappa shape index (κ2) is 5.46. The lowest BCUT2D eigenvalue weighted by Crippen LogP contribution is -2.16. The normalized spacial score (nSPS) is 10.7. The minimum atomic E-state index is -2.59. The van der Waals surface area contributed by atoms with E-state index in [4.69, 9.17) is 4.74 Å². The Labute approximate surface area is 106 Å². The SMILES string of the molecule is Cn1nc(OCC(F)F)cc1C(=O)Nc1cc[nH]n1. The molecule has 0 aliphatic rings. The Morgan fingerprint density at radius 2 is 2.42 bits per heavy atom. The van der Waals surface area contributed by atoms with Gasteiger partial charge in [0.25, 0.3) is 12.3 Å². The van der Waals surface area contributed by atoms with Gasteiger partial charge in [-0.25, -0.2) is 8.78 Å². The van der Waals surface area contributed by atoms with E-state index < -0.39 is 18.9 Å². The minimum absolute atomic E-state index is 0.0324. The third-order valence-electron chi connectivity index (χ3n) is 2.19. The molecule has 2 N–H and O–H groups in total. The van der Waals surface area contributed by atoms with Crippen molar-refractivity contribution in [3.8, 4) is 5.88 Å². The monoisotopic (exact) mass is 271 g/mol. The average Bonchev–Trinajstić information content (AvgIpc) is 2.96. The summed E-state index contributed by atoms with van der Waals surface area (Å²) in [7, 11) is 1.51. The van der Waals surface area contributed by atoms with Gasteiger partial charge in [0.15, 0.2) is 12.4 Å². The van der Waals surface area contributed by atoms with Crippen LogP contribution < -0.4 is 10.1 Å². The number of anilines is 1. The molecule has 2 aromatic rings. The number of aromatic amines is 1. The predicted molar refractivity (Wildman–Crippen MR) is 61.2 cm³/mol. The highest BCUT2D eigenvalue weighted by Crippen LogP contribution is 2.13. The van der Waals surface area contributed by atoms with Crippen molar-refractivity contribution in [2.75, 3.05) is 11.9 Å². The van der Waals surface area contributed by atoms with Gasteiger partial charge in [-0.3, -0.25) is 14.6 Å². The van der Waals surface area contributed by atoms with Crippen LogP contribution >= 0.6 is 0 Å². The highest BCUT2D eigenvalue weighted by Gasteiger charge is 2.15. The zero-order valence-corrected chi connectivity index (χ0v) is 9.93. The Morgan fingerprint density at radius 1 is 1.63 bits per heavy atom. The van der Waals surface area contributed by atoms with Crippen LogP contribution in [0.4, 0.5) is 14.6 Å². The number of hydrogen-bond donors (Lipinski definition) is 2. The van der Waals surface area contributed by atoms with Crippen LogP contribution in [0, 0.1) is 0 Å². The first-order valence-corrected chi connectivity index (χ1v) is 5.32. The molecular weight excluding hydrogens is 260 g/mol. The Hall–Kier alpha value is -2.45. The molecule has 0 aromatic carbocycles. The maximum Gasteiger partial charge on any atom is 0.275 e. The Morgan fingerprint density at radius 3 is 3.05 bits per heavy atom. The number of nitrogens with one attached hydrogen (secondary N) is 2. The summed E-state index contributed by atoms with van der Waals surface area (Å²) >= 11 is 0. The van der Waals surface area contributed by atoms with Crippen LogP contribution in [0.5, 0.6) is 5.88 Å². The molecule has 9 heteroatoms. The maximum absolute atomic E-state index is 12.0. The van der Waals surface area contributed by atoms with E-state index in [1.165, 1.54) is 17.8 Å². The van der Waals surface area contributed by atoms with E-state index in [1.807, 2.05) is 0 Å². The number of hydrogen-bond acceptors (Lipinski definition) is 4. The van der Waals surface area contributed by atoms with E-state index in [-0.39, 0.29) is 11.6 Å². The molecular formula is C10H11F2N5O2. The van der Waals surface area contributed by atoms with Crippen LogP contribution in [-0.4, -0.2) is 38.9 Å². The van der Waals surface area contributed by atoms with E-state index in [2.05, 4.69) is 20.6 Å². The van der Waals surface area contributed by atoms with E-state index in [1.54, 1.807) is 12.3 Å². The highest BCUT2D eigenvalue weighted by atomic mass is 19.3. The predicted octanol–water partition coefficient (Wildman–Crippen LogP) is 1.04. The third-order valence-corrected chi connectivity index (χ3v) is 2.19. The van der Waals surface area contributed by atoms with Crippen molar-refractivity contribution in [2.24, 2.45) is 7.05 Å². The summed E-state index contributed by atoms with van der Waals surface area (Å²) in [6.45, 7) is -0.766. The molecule has 2 heterocycles. The van der Waals surface area contributed by atoms with Crippen molar-refractivity contribution in [2.45, 2.75) is 6.43 Å². The fraction of sp³-hybridized carbons (Fsp3) is 0.300. The van der Waals surface area contributed by atoms with Crippen molar-refractivity contribution in [1.82, 2.24) is 20.0 Å². The molecule has 0 fully saturated rings. The van der Waals surface area contributed by atoms with Crippen molar-refractivity contribution in [3.05, 3.63) is 24.0 Å². The summed E-state index contributed by atoms with van der Waals surface area (Å²) in [5.74, 6) is -0.148. The van der Waals surface area contributed by atoms with Gasteiger partial charge in [-0.05, 0) is 0 Å². The zero-order chi connectivity index (χ0) is 13.8. The van der Waals surface area contributed by atoms with Crippen LogP contribution in [0.25, 0.3) is 0 Å². The first-order valence-electron chi connectivity index (χ1n) is 5.32. The number of carbonyl (C=O) groups excluding carboxylic acids is 1. The highest BCUT2D eigenvalue weighted by molar-refractivity contribution is 6.02. The molecule has 0 aliphatic carbocycles. The van der Waals surface area contributed by atoms with Crippen molar-refractivity contribution in [3.63, 3.8) is 0 Å². The van der Waals surface area contributed by atoms with E-state index in [0.29, 0.717) is 5.82 Å². The topological polar surface area (TPSA) is 84.8 Å². The number of alkyl halides is 2. The van der Waals surface area contributed by atoms with Crippen LogP contribution in [-0.2, 0) is 7.05 Å². The molecule has 19 heavy (non-hydrogen) atoms. The summed E-state index contributed by atoms with van der Waals surface area (Å²) in [6, 6.07) is 2.85. The molecule has 0 unspecified atom stereocenters. The van der Waals surface area contributed by atoms with Gasteiger partial charge in [0.05, 0.1) is 0 Å². The lowest BCUT2D eigenvalue weighted by atomic mass is 10.4. The maximum atomic E-state index is 12.0. The van der Waals surface area contributed by atoms with Gasteiger partial charge in [-0.15, -0.1) is 5.10 Å². The van der Waals surface area contributed by atoms with E-state index in [0.717, 1.165) is 0 Å². The molecule has 0 saturated heterocycles. The molecule has 0 bridgehead atoms. The summed E-state index contributed by atoms with van der Waals surface area (Å²) in [5, 5.41) is 12.6. The Bertz CT molecular complexity index is 552. The Kier molecular flexibility index (Phi) is 3.74. The molecule has 7 nitrogen and oxygen atoms in total. The molecule has 2 rings (SSSR count). The van der Waals surface area contributed by atoms with Crippen LogP contribution in [0.3, 0.4) is 0 Å². The van der Waals surface area contributed by atoms with Crippen LogP contribution in [0.15, 0.2) is 18.3 Å². The lowest BCUT2D eigenvalue weighted by molar-refractivity contribution is 0.0792. The van der Waals surface area contributed by atoms with Gasteiger partial charge >= 0.3 is 0 Å². The molecule has 0 radical (unpaired) electrons. The molecule has 1 amide bonds. The number of halogens is 2. The van der Waals surface area contributed by atoms with Crippen molar-refractivity contribution >= 4 is 11.7 Å². The molecule has 0 saturated carbocycles. The quantitative estimate of drug-likeness (QED) is 0.850. The number of nitrogens with zero attached hydrogens (tertiary/aromatic N) is 3. The van der Waals surface area contributed by atoms with Gasteiger partial charge in [-0.1, -0.05) is 0 Å². The van der Waals surface area contributed by atoms with E-state index in [9.17, 15) is 13.6 Å². The van der Waals surface area contributed by atoms with Gasteiger partial charge in [0.1, 0.15) is 5.69 Å². The number of carbonyl (C=O) groups is 1. The van der Waals surface area contributed by atoms with Gasteiger partial charge in [-0.2, -0.15) is 5.10 Å². The molecule has 102 valence electrons. The number of ether oxygens (including phenoxy) is 1. The van der Waals surface area contributed by atoms with Crippen LogP contribution in [0.1, 0.15) is 10.5 Å². The zero-order valence-electron chi connectivity index (χ0n) is 9.93. The number of rotatable bonds is 5. The standard InChI is InChI=1S/C10H11F2N5O2/c1-17-6(4-9(16-17)19-5-7(11)12)10(18)14-8-2-3-13-15-8/h2-4,7H,5H2,1H3,(H2,13,14,15,18). The first kappa shape index (κ1) is 13.0. The molecule has 2 aromatic heterocycles. The number of amides is 1. The fourth-order valence-corrected chi connectivity index (χ4v) is 1.38. The van der Waals surface area contributed by atoms with Gasteiger partial charge < -0.3 is 10.1 Å². The number of aryl methyl sites for hydroxylation is 1. The molecule has 0 atom stereocenters. The van der Waals surface area contributed by atoms with Gasteiger partial charge in [0.2, 0.25) is 5.88 Å². The Balaban J connectivity index is 2.05. The number of H-pyrrole nitrogens is 1. The largest absolute Gasteiger partial charge is 0.471 e. The summed E-state index contributed by atoms with van der Waals surface area (Å²) in [6.07, 6.45) is -1.04. The first-order chi connectivity index (χ1) is 9.06. The third kappa shape index (κ3) is 3.27. The van der Waals surface area contributed by atoms with Gasteiger partial charge in [0, 0.05) is 25.4 Å². The second-order valence-corrected chi connectivity index (χ2v) is 3.61. The molecule has 0 aliphatic heterocycles. The molecule has 0 spiro atoms. The van der Waals surface area contributed by atoms with Crippen molar-refractivity contribution in [1.29, 1.82) is 0 Å². The average molecular weight is 271 g/mol. The minimum Gasteiger partial charge on any atom is -0.471 e. The smallest absolute Gasteiger partial charge is 0.275 e. The number of aromatic nitrogens is 4. The summed E-state index contributed by atoms with van der Waals surface area (Å²) < 4.78 is 29.9.